The first-order valence-corrected chi connectivity index (χ1v) is 11.5. The summed E-state index contributed by atoms with van der Waals surface area (Å²) in [6.45, 7) is 9.43. The molecule has 6 heteroatoms. The summed E-state index contributed by atoms with van der Waals surface area (Å²) in [7, 11) is 5.09. The van der Waals surface area contributed by atoms with Crippen molar-refractivity contribution in [1.82, 2.24) is 10.2 Å². The van der Waals surface area contributed by atoms with E-state index in [9.17, 15) is 4.79 Å². The van der Waals surface area contributed by atoms with Crippen molar-refractivity contribution in [3.05, 3.63) is 70.9 Å². The molecule has 0 aliphatic carbocycles. The van der Waals surface area contributed by atoms with Crippen molar-refractivity contribution >= 4 is 5.91 Å². The van der Waals surface area contributed by atoms with Crippen molar-refractivity contribution < 1.29 is 19.0 Å². The number of nitrogens with zero attached hydrogens (tertiary/aromatic N) is 1. The van der Waals surface area contributed by atoms with E-state index in [4.69, 9.17) is 14.2 Å². The van der Waals surface area contributed by atoms with Crippen LogP contribution in [0.4, 0.5) is 0 Å². The predicted molar refractivity (Wildman–Crippen MR) is 130 cm³/mol. The number of hydrogen-bond donors (Lipinski definition) is 1. The zero-order chi connectivity index (χ0) is 24.0. The highest BCUT2D eigenvalue weighted by molar-refractivity contribution is 5.92. The second kappa shape index (κ2) is 10.8. The average molecular weight is 453 g/mol. The lowest BCUT2D eigenvalue weighted by Crippen LogP contribution is -2.53. The van der Waals surface area contributed by atoms with Gasteiger partial charge in [-0.1, -0.05) is 31.7 Å². The molecule has 0 radical (unpaired) electrons. The summed E-state index contributed by atoms with van der Waals surface area (Å²) in [6.07, 6.45) is 3.28. The summed E-state index contributed by atoms with van der Waals surface area (Å²) in [5, 5.41) is 3.15. The van der Waals surface area contributed by atoms with Crippen LogP contribution in [0, 0.1) is 6.92 Å². The zero-order valence-corrected chi connectivity index (χ0v) is 20.5. The lowest BCUT2D eigenvalue weighted by molar-refractivity contribution is -0.161. The number of methoxy groups -OCH3 is 2. The molecular weight excluding hydrogens is 416 g/mol. The fourth-order valence-corrected chi connectivity index (χ4v) is 4.40. The number of hydrogen-bond acceptors (Lipinski definition) is 5. The Labute approximate surface area is 197 Å². The van der Waals surface area contributed by atoms with Gasteiger partial charge >= 0.3 is 0 Å². The van der Waals surface area contributed by atoms with E-state index in [-0.39, 0.29) is 5.91 Å². The summed E-state index contributed by atoms with van der Waals surface area (Å²) < 4.78 is 17.0. The maximum atomic E-state index is 13.3. The van der Waals surface area contributed by atoms with Crippen LogP contribution in [0.1, 0.15) is 42.0 Å². The van der Waals surface area contributed by atoms with E-state index in [1.54, 1.807) is 26.2 Å². The smallest absolute Gasteiger partial charge is 0.271 e. The second-order valence-electron chi connectivity index (χ2n) is 8.50. The van der Waals surface area contributed by atoms with Gasteiger partial charge < -0.3 is 24.4 Å². The van der Waals surface area contributed by atoms with Crippen molar-refractivity contribution in [3.63, 3.8) is 0 Å². The summed E-state index contributed by atoms with van der Waals surface area (Å²) in [4.78, 5) is 15.0. The minimum Gasteiger partial charge on any atom is -0.497 e. The monoisotopic (exact) mass is 452 g/mol. The van der Waals surface area contributed by atoms with Crippen LogP contribution >= 0.6 is 0 Å². The van der Waals surface area contributed by atoms with Crippen molar-refractivity contribution in [2.45, 2.75) is 51.8 Å². The maximum absolute atomic E-state index is 13.3. The first-order chi connectivity index (χ1) is 15.8. The molecule has 0 bridgehead atoms. The van der Waals surface area contributed by atoms with Crippen molar-refractivity contribution in [1.29, 1.82) is 0 Å². The molecule has 178 valence electrons. The molecule has 0 spiro atoms. The zero-order valence-electron chi connectivity index (χ0n) is 20.5. The number of nitrogens with one attached hydrogen (secondary N) is 1. The number of carbonyl (C=O) groups is 1. The Hall–Kier alpha value is -2.99. The van der Waals surface area contributed by atoms with Gasteiger partial charge in [0.05, 0.1) is 19.4 Å². The van der Waals surface area contributed by atoms with Gasteiger partial charge in [0.2, 0.25) is 0 Å². The van der Waals surface area contributed by atoms with Gasteiger partial charge in [0.25, 0.3) is 5.91 Å². The normalized spacial score (nSPS) is 14.5. The number of ether oxygens (including phenoxy) is 3. The molecule has 1 heterocycles. The Balaban J connectivity index is 1.73. The molecule has 1 atom stereocenters. The lowest BCUT2D eigenvalue weighted by atomic mass is 9.90. The van der Waals surface area contributed by atoms with E-state index >= 15 is 0 Å². The van der Waals surface area contributed by atoms with Gasteiger partial charge in [0, 0.05) is 27.1 Å². The summed E-state index contributed by atoms with van der Waals surface area (Å²) in [6, 6.07) is 11.9. The number of fused-ring (bicyclic) bond motifs is 1. The second-order valence-corrected chi connectivity index (χ2v) is 8.50. The van der Waals surface area contributed by atoms with Crippen LogP contribution in [-0.4, -0.2) is 44.4 Å². The topological polar surface area (TPSA) is 60.0 Å². The maximum Gasteiger partial charge on any atom is 0.271 e. The van der Waals surface area contributed by atoms with Crippen LogP contribution in [0.5, 0.6) is 11.5 Å². The van der Waals surface area contributed by atoms with Gasteiger partial charge in [-0.05, 0) is 66.6 Å². The van der Waals surface area contributed by atoms with Crippen LogP contribution in [0.3, 0.4) is 0 Å². The van der Waals surface area contributed by atoms with Gasteiger partial charge in [0.15, 0.2) is 0 Å². The van der Waals surface area contributed by atoms with Gasteiger partial charge in [-0.15, -0.1) is 0 Å². The van der Waals surface area contributed by atoms with Crippen LogP contribution in [-0.2, 0) is 28.9 Å². The number of amides is 1. The van der Waals surface area contributed by atoms with Crippen LogP contribution in [0.25, 0.3) is 0 Å². The number of rotatable bonds is 10. The molecule has 1 amide bonds. The van der Waals surface area contributed by atoms with Crippen LogP contribution in [0.15, 0.2) is 48.7 Å². The first-order valence-electron chi connectivity index (χ1n) is 11.5. The van der Waals surface area contributed by atoms with Crippen LogP contribution in [0.2, 0.25) is 0 Å². The van der Waals surface area contributed by atoms with Gasteiger partial charge in [-0.2, -0.15) is 0 Å². The molecule has 33 heavy (non-hydrogen) atoms. The first kappa shape index (κ1) is 24.6. The number of carbonyl (C=O) groups excluding carboxylic acids is 1. The summed E-state index contributed by atoms with van der Waals surface area (Å²) in [5.74, 6) is 1.58. The summed E-state index contributed by atoms with van der Waals surface area (Å²) >= 11 is 0. The number of benzene rings is 2. The molecule has 6 nitrogen and oxygen atoms in total. The van der Waals surface area contributed by atoms with E-state index in [1.165, 1.54) is 16.7 Å². The highest BCUT2D eigenvalue weighted by Gasteiger charge is 2.37. The fourth-order valence-electron chi connectivity index (χ4n) is 4.40. The quantitative estimate of drug-likeness (QED) is 0.428. The Morgan fingerprint density at radius 3 is 2.58 bits per heavy atom. The molecule has 0 saturated carbocycles. The number of likely N-dealkylation sites (N-methyl/N-ethyl adjacent to an activating group) is 1. The van der Waals surface area contributed by atoms with Crippen molar-refractivity contribution in [2.24, 2.45) is 0 Å². The molecule has 0 fully saturated rings. The molecule has 0 saturated heterocycles. The minimum atomic E-state index is -0.781. The van der Waals surface area contributed by atoms with Crippen LogP contribution < -0.4 is 14.8 Å². The molecule has 1 aliphatic heterocycles. The Morgan fingerprint density at radius 1 is 1.21 bits per heavy atom. The van der Waals surface area contributed by atoms with E-state index in [1.807, 2.05) is 37.3 Å². The molecule has 3 rings (SSSR count). The molecule has 0 aromatic heterocycles. The highest BCUT2D eigenvalue weighted by Crippen LogP contribution is 2.33. The van der Waals surface area contributed by atoms with Crippen molar-refractivity contribution in [3.8, 4) is 11.5 Å². The average Bonchev–Trinajstić information content (AvgIpc) is 2.86. The van der Waals surface area contributed by atoms with Gasteiger partial charge in [-0.25, -0.2) is 0 Å². The summed E-state index contributed by atoms with van der Waals surface area (Å²) in [5.41, 5.74) is 4.24. The fraction of sp³-hybridized carbons (Fsp3) is 0.444. The Bertz CT molecular complexity index is 980. The third kappa shape index (κ3) is 5.33. The Kier molecular flexibility index (Phi) is 8.03. The minimum absolute atomic E-state index is 0.189. The third-order valence-electron chi connectivity index (χ3n) is 6.73. The predicted octanol–water partition coefficient (Wildman–Crippen LogP) is 4.39. The largest absolute Gasteiger partial charge is 0.497 e. The van der Waals surface area contributed by atoms with E-state index in [0.29, 0.717) is 25.1 Å². The van der Waals surface area contributed by atoms with Gasteiger partial charge in [-0.3, -0.25) is 4.79 Å². The molecule has 1 N–H and O–H groups in total. The molecule has 2 aromatic carbocycles. The lowest BCUT2D eigenvalue weighted by Gasteiger charge is -2.41. The highest BCUT2D eigenvalue weighted by atomic mass is 16.5. The molecule has 1 aliphatic rings. The standard InChI is InChI=1S/C27H36N2O4/c1-7-27(32-6,17-22-12-15-25-24(19(22)2)9-8-16-33-25)29(4)26(30)20(3)28-18-21-10-13-23(31-5)14-11-21/h10-15,28H,3,7-9,16-18H2,1-2,4-6H3. The molecular formula is C27H36N2O4. The molecule has 2 aromatic rings. The molecule has 1 unspecified atom stereocenters. The van der Waals surface area contributed by atoms with E-state index < -0.39 is 5.72 Å². The van der Waals surface area contributed by atoms with E-state index in [0.717, 1.165) is 36.5 Å². The van der Waals surface area contributed by atoms with E-state index in [2.05, 4.69) is 24.9 Å². The van der Waals surface area contributed by atoms with Gasteiger partial charge in [0.1, 0.15) is 17.2 Å². The SMILES string of the molecule is C=C(NCc1ccc(OC)cc1)C(=O)N(C)C(CC)(Cc1ccc2c(c1C)CCCO2)OC. The Morgan fingerprint density at radius 2 is 1.94 bits per heavy atom. The third-order valence-corrected chi connectivity index (χ3v) is 6.73. The van der Waals surface area contributed by atoms with Crippen molar-refractivity contribution in [2.75, 3.05) is 27.9 Å².